The SMILES string of the molecule is Cc1cc(S(=O)(=O)Nc2ccc(C(=O)N(C)C3CCNC3)cc2)ccc1F.Cl. The van der Waals surface area contributed by atoms with Gasteiger partial charge in [0.2, 0.25) is 0 Å². The van der Waals surface area contributed by atoms with E-state index in [1.807, 2.05) is 0 Å². The molecule has 152 valence electrons. The average Bonchev–Trinajstić information content (AvgIpc) is 3.17. The van der Waals surface area contributed by atoms with Crippen molar-refractivity contribution < 1.29 is 17.6 Å². The van der Waals surface area contributed by atoms with Crippen LogP contribution in [0, 0.1) is 12.7 Å². The van der Waals surface area contributed by atoms with Crippen LogP contribution in [0.15, 0.2) is 47.4 Å². The van der Waals surface area contributed by atoms with E-state index in [-0.39, 0.29) is 34.8 Å². The summed E-state index contributed by atoms with van der Waals surface area (Å²) in [6.45, 7) is 3.17. The molecular weight excluding hydrogens is 405 g/mol. The first kappa shape index (κ1) is 22.1. The van der Waals surface area contributed by atoms with Crippen molar-refractivity contribution in [2.45, 2.75) is 24.3 Å². The topological polar surface area (TPSA) is 78.5 Å². The van der Waals surface area contributed by atoms with Gasteiger partial charge in [-0.2, -0.15) is 0 Å². The van der Waals surface area contributed by atoms with E-state index in [0.29, 0.717) is 11.3 Å². The predicted molar refractivity (Wildman–Crippen MR) is 109 cm³/mol. The number of carbonyl (C=O) groups is 1. The largest absolute Gasteiger partial charge is 0.337 e. The van der Waals surface area contributed by atoms with Gasteiger partial charge in [0.05, 0.1) is 4.90 Å². The molecular formula is C19H23ClFN3O3S. The maximum Gasteiger partial charge on any atom is 0.261 e. The number of sulfonamides is 1. The molecule has 1 aliphatic rings. The maximum absolute atomic E-state index is 13.4. The van der Waals surface area contributed by atoms with Gasteiger partial charge < -0.3 is 10.2 Å². The van der Waals surface area contributed by atoms with Crippen LogP contribution in [0.25, 0.3) is 0 Å². The van der Waals surface area contributed by atoms with Crippen LogP contribution in [0.1, 0.15) is 22.3 Å². The van der Waals surface area contributed by atoms with Gasteiger partial charge in [-0.25, -0.2) is 12.8 Å². The number of carbonyl (C=O) groups excluding carboxylic acids is 1. The molecule has 0 aliphatic carbocycles. The molecule has 1 heterocycles. The van der Waals surface area contributed by atoms with Crippen LogP contribution < -0.4 is 10.0 Å². The molecule has 1 aliphatic heterocycles. The highest BCUT2D eigenvalue weighted by atomic mass is 35.5. The third-order valence-electron chi connectivity index (χ3n) is 4.73. The van der Waals surface area contributed by atoms with Crippen molar-refractivity contribution in [3.63, 3.8) is 0 Å². The second-order valence-electron chi connectivity index (χ2n) is 6.66. The highest BCUT2D eigenvalue weighted by Crippen LogP contribution is 2.20. The zero-order valence-corrected chi connectivity index (χ0v) is 17.2. The smallest absolute Gasteiger partial charge is 0.261 e. The number of halogens is 2. The van der Waals surface area contributed by atoms with Crippen LogP contribution in [-0.4, -0.2) is 45.4 Å². The molecule has 1 fully saturated rings. The van der Waals surface area contributed by atoms with Gasteiger partial charge in [0, 0.05) is 30.9 Å². The zero-order valence-electron chi connectivity index (χ0n) is 15.6. The Kier molecular flexibility index (Phi) is 7.03. The summed E-state index contributed by atoms with van der Waals surface area (Å²) in [6.07, 6.45) is 0.914. The van der Waals surface area contributed by atoms with Gasteiger partial charge in [0.1, 0.15) is 5.82 Å². The first-order valence-electron chi connectivity index (χ1n) is 8.65. The summed E-state index contributed by atoms with van der Waals surface area (Å²) < 4.78 is 40.7. The van der Waals surface area contributed by atoms with Crippen molar-refractivity contribution in [2.75, 3.05) is 24.9 Å². The number of hydrogen-bond donors (Lipinski definition) is 2. The predicted octanol–water partition coefficient (Wildman–Crippen LogP) is 2.79. The van der Waals surface area contributed by atoms with E-state index < -0.39 is 15.8 Å². The minimum Gasteiger partial charge on any atom is -0.337 e. The molecule has 2 N–H and O–H groups in total. The fraction of sp³-hybridized carbons (Fsp3) is 0.316. The summed E-state index contributed by atoms with van der Waals surface area (Å²) in [5.41, 5.74) is 1.08. The Bertz CT molecular complexity index is 945. The molecule has 0 saturated carbocycles. The van der Waals surface area contributed by atoms with Crippen molar-refractivity contribution in [3.05, 3.63) is 59.4 Å². The quantitative estimate of drug-likeness (QED) is 0.769. The lowest BCUT2D eigenvalue weighted by Gasteiger charge is -2.23. The Morgan fingerprint density at radius 3 is 2.46 bits per heavy atom. The molecule has 1 atom stereocenters. The number of aryl methyl sites for hydroxylation is 1. The highest BCUT2D eigenvalue weighted by Gasteiger charge is 2.24. The van der Waals surface area contributed by atoms with E-state index >= 15 is 0 Å². The van der Waals surface area contributed by atoms with Crippen LogP contribution in [0.2, 0.25) is 0 Å². The number of likely N-dealkylation sites (N-methyl/N-ethyl adjacent to an activating group) is 1. The van der Waals surface area contributed by atoms with Gasteiger partial charge in [-0.05, 0) is 67.9 Å². The van der Waals surface area contributed by atoms with E-state index in [4.69, 9.17) is 0 Å². The van der Waals surface area contributed by atoms with E-state index in [1.165, 1.54) is 19.1 Å². The molecule has 2 aromatic carbocycles. The van der Waals surface area contributed by atoms with Gasteiger partial charge in [0.25, 0.3) is 15.9 Å². The Hall–Kier alpha value is -2.16. The normalized spacial score (nSPS) is 16.3. The molecule has 1 saturated heterocycles. The Morgan fingerprint density at radius 2 is 1.89 bits per heavy atom. The highest BCUT2D eigenvalue weighted by molar-refractivity contribution is 7.92. The molecule has 0 radical (unpaired) electrons. The van der Waals surface area contributed by atoms with Gasteiger partial charge in [-0.1, -0.05) is 0 Å². The summed E-state index contributed by atoms with van der Waals surface area (Å²) >= 11 is 0. The van der Waals surface area contributed by atoms with Crippen molar-refractivity contribution >= 4 is 34.0 Å². The molecule has 6 nitrogen and oxygen atoms in total. The standard InChI is InChI=1S/C19H22FN3O3S.ClH/c1-13-11-17(7-8-18(13)20)27(25,26)22-15-5-3-14(4-6-15)19(24)23(2)16-9-10-21-12-16;/h3-8,11,16,21-22H,9-10,12H2,1-2H3;1H. The van der Waals surface area contributed by atoms with Crippen molar-refractivity contribution in [2.24, 2.45) is 0 Å². The molecule has 9 heteroatoms. The van der Waals surface area contributed by atoms with E-state index in [1.54, 1.807) is 36.2 Å². The monoisotopic (exact) mass is 427 g/mol. The van der Waals surface area contributed by atoms with Crippen LogP contribution in [-0.2, 0) is 10.0 Å². The Labute approximate surface area is 170 Å². The van der Waals surface area contributed by atoms with Gasteiger partial charge >= 0.3 is 0 Å². The molecule has 1 unspecified atom stereocenters. The number of benzene rings is 2. The lowest BCUT2D eigenvalue weighted by Crippen LogP contribution is -2.38. The second-order valence-corrected chi connectivity index (χ2v) is 8.34. The minimum absolute atomic E-state index is 0. The van der Waals surface area contributed by atoms with Gasteiger partial charge in [-0.15, -0.1) is 12.4 Å². The van der Waals surface area contributed by atoms with Crippen LogP contribution in [0.4, 0.5) is 10.1 Å². The molecule has 3 rings (SSSR count). The van der Waals surface area contributed by atoms with Crippen molar-refractivity contribution in [1.29, 1.82) is 0 Å². The fourth-order valence-electron chi connectivity index (χ4n) is 3.02. The van der Waals surface area contributed by atoms with E-state index in [0.717, 1.165) is 25.6 Å². The molecule has 28 heavy (non-hydrogen) atoms. The number of nitrogens with one attached hydrogen (secondary N) is 2. The summed E-state index contributed by atoms with van der Waals surface area (Å²) in [4.78, 5) is 14.2. The first-order valence-corrected chi connectivity index (χ1v) is 10.1. The second kappa shape index (κ2) is 8.89. The summed E-state index contributed by atoms with van der Waals surface area (Å²) in [5, 5.41) is 3.22. The van der Waals surface area contributed by atoms with Gasteiger partial charge in [-0.3, -0.25) is 9.52 Å². The summed E-state index contributed by atoms with van der Waals surface area (Å²) in [6, 6.07) is 10.1. The molecule has 2 aromatic rings. The van der Waals surface area contributed by atoms with Crippen molar-refractivity contribution in [1.82, 2.24) is 10.2 Å². The number of rotatable bonds is 5. The number of amides is 1. The van der Waals surface area contributed by atoms with Crippen molar-refractivity contribution in [3.8, 4) is 0 Å². The summed E-state index contributed by atoms with van der Waals surface area (Å²) in [5.74, 6) is -0.564. The minimum atomic E-state index is -3.84. The lowest BCUT2D eigenvalue weighted by atomic mass is 10.1. The third kappa shape index (κ3) is 4.81. The average molecular weight is 428 g/mol. The molecule has 0 bridgehead atoms. The van der Waals surface area contributed by atoms with E-state index in [2.05, 4.69) is 10.0 Å². The Morgan fingerprint density at radius 1 is 1.21 bits per heavy atom. The van der Waals surface area contributed by atoms with Gasteiger partial charge in [0.15, 0.2) is 0 Å². The molecule has 0 aromatic heterocycles. The summed E-state index contributed by atoms with van der Waals surface area (Å²) in [7, 11) is -2.06. The number of hydrogen-bond acceptors (Lipinski definition) is 4. The van der Waals surface area contributed by atoms with Crippen LogP contribution in [0.3, 0.4) is 0 Å². The van der Waals surface area contributed by atoms with Crippen LogP contribution in [0.5, 0.6) is 0 Å². The maximum atomic E-state index is 13.4. The fourth-order valence-corrected chi connectivity index (χ4v) is 4.16. The van der Waals surface area contributed by atoms with Crippen LogP contribution >= 0.6 is 12.4 Å². The Balaban J connectivity index is 0.00000280. The van der Waals surface area contributed by atoms with E-state index in [9.17, 15) is 17.6 Å². The molecule has 1 amide bonds. The number of nitrogens with zero attached hydrogens (tertiary/aromatic N) is 1. The first-order chi connectivity index (χ1) is 12.8. The molecule has 0 spiro atoms. The number of anilines is 1. The third-order valence-corrected chi connectivity index (χ3v) is 6.11. The lowest BCUT2D eigenvalue weighted by molar-refractivity contribution is 0.0744. The zero-order chi connectivity index (χ0) is 19.6.